The molecule has 0 aliphatic heterocycles. The fourth-order valence-corrected chi connectivity index (χ4v) is 1.20. The molecule has 1 aromatic rings. The molecular formula is C12H13BO4. The number of hydrogen-bond acceptors (Lipinski definition) is 4. The number of carbonyl (C=O) groups is 2. The summed E-state index contributed by atoms with van der Waals surface area (Å²) in [6.45, 7) is 3.00. The minimum atomic E-state index is -0.641. The van der Waals surface area contributed by atoms with Crippen LogP contribution in [0.3, 0.4) is 0 Å². The lowest BCUT2D eigenvalue weighted by Gasteiger charge is -2.05. The maximum atomic E-state index is 11.2. The minimum absolute atomic E-state index is 0.173. The third-order valence-electron chi connectivity index (χ3n) is 1.98. The SMILES string of the molecule is Bc1cccc(COC(=O)COC(=O)C=C)c1. The molecule has 0 heterocycles. The molecule has 0 saturated heterocycles. The highest BCUT2D eigenvalue weighted by Gasteiger charge is 2.06. The molecule has 0 N–H and O–H groups in total. The van der Waals surface area contributed by atoms with Crippen molar-refractivity contribution in [3.8, 4) is 0 Å². The first-order valence-electron chi connectivity index (χ1n) is 5.12. The van der Waals surface area contributed by atoms with Crippen molar-refractivity contribution >= 4 is 25.2 Å². The fourth-order valence-electron chi connectivity index (χ4n) is 1.20. The van der Waals surface area contributed by atoms with Crippen molar-refractivity contribution in [3.63, 3.8) is 0 Å². The Hall–Kier alpha value is -2.04. The zero-order chi connectivity index (χ0) is 12.7. The van der Waals surface area contributed by atoms with E-state index in [2.05, 4.69) is 11.3 Å². The van der Waals surface area contributed by atoms with Crippen molar-refractivity contribution in [2.75, 3.05) is 6.61 Å². The molecule has 1 rings (SSSR count). The van der Waals surface area contributed by atoms with Gasteiger partial charge in [0.2, 0.25) is 0 Å². The molecule has 0 atom stereocenters. The van der Waals surface area contributed by atoms with E-state index in [0.29, 0.717) is 0 Å². The Morgan fingerprint density at radius 3 is 2.76 bits per heavy atom. The Labute approximate surface area is 101 Å². The Bertz CT molecular complexity index is 428. The van der Waals surface area contributed by atoms with Crippen LogP contribution in [0.1, 0.15) is 5.56 Å². The maximum absolute atomic E-state index is 11.2. The third-order valence-corrected chi connectivity index (χ3v) is 1.98. The van der Waals surface area contributed by atoms with E-state index in [1.807, 2.05) is 32.1 Å². The predicted octanol–water partition coefficient (Wildman–Crippen LogP) is -0.283. The number of rotatable bonds is 5. The van der Waals surface area contributed by atoms with Crippen molar-refractivity contribution in [1.82, 2.24) is 0 Å². The van der Waals surface area contributed by atoms with Crippen LogP contribution in [0.15, 0.2) is 36.9 Å². The van der Waals surface area contributed by atoms with E-state index >= 15 is 0 Å². The Morgan fingerprint density at radius 1 is 1.35 bits per heavy atom. The van der Waals surface area contributed by atoms with E-state index in [-0.39, 0.29) is 6.61 Å². The summed E-state index contributed by atoms with van der Waals surface area (Å²) in [5.41, 5.74) is 1.99. The molecule has 1 aromatic carbocycles. The van der Waals surface area contributed by atoms with Gasteiger partial charge in [0.25, 0.3) is 0 Å². The van der Waals surface area contributed by atoms with Crippen LogP contribution in [0, 0.1) is 0 Å². The molecule has 0 unspecified atom stereocenters. The van der Waals surface area contributed by atoms with Gasteiger partial charge in [0.15, 0.2) is 6.61 Å². The Kier molecular flexibility index (Phi) is 5.00. The molecule has 0 fully saturated rings. The first-order chi connectivity index (χ1) is 8.11. The zero-order valence-corrected chi connectivity index (χ0v) is 9.64. The van der Waals surface area contributed by atoms with Crippen molar-refractivity contribution in [2.45, 2.75) is 6.61 Å². The van der Waals surface area contributed by atoms with Gasteiger partial charge in [-0.15, -0.1) is 0 Å². The standard InChI is InChI=1S/C12H13BO4/c1-2-11(14)17-8-12(15)16-7-9-4-3-5-10(13)6-9/h2-6H,1,7-8,13H2. The van der Waals surface area contributed by atoms with Gasteiger partial charge in [0, 0.05) is 6.08 Å². The number of hydrogen-bond donors (Lipinski definition) is 0. The Balaban J connectivity index is 2.33. The summed E-state index contributed by atoms with van der Waals surface area (Å²) in [5, 5.41) is 0. The lowest BCUT2D eigenvalue weighted by molar-refractivity contribution is -0.157. The van der Waals surface area contributed by atoms with Gasteiger partial charge >= 0.3 is 11.9 Å². The van der Waals surface area contributed by atoms with Crippen molar-refractivity contribution < 1.29 is 19.1 Å². The summed E-state index contributed by atoms with van der Waals surface area (Å²) in [4.78, 5) is 21.9. The lowest BCUT2D eigenvalue weighted by atomic mass is 9.95. The second-order valence-electron chi connectivity index (χ2n) is 3.46. The summed E-state index contributed by atoms with van der Waals surface area (Å²) in [5.74, 6) is -1.22. The summed E-state index contributed by atoms with van der Waals surface area (Å²) in [6.07, 6.45) is 0.994. The van der Waals surface area contributed by atoms with Crippen molar-refractivity contribution in [1.29, 1.82) is 0 Å². The average Bonchev–Trinajstić information content (AvgIpc) is 2.33. The largest absolute Gasteiger partial charge is 0.458 e. The van der Waals surface area contributed by atoms with Gasteiger partial charge in [0.1, 0.15) is 14.5 Å². The smallest absolute Gasteiger partial charge is 0.344 e. The molecule has 0 aliphatic rings. The zero-order valence-electron chi connectivity index (χ0n) is 9.64. The minimum Gasteiger partial charge on any atom is -0.458 e. The summed E-state index contributed by atoms with van der Waals surface area (Å²) >= 11 is 0. The number of ether oxygens (including phenoxy) is 2. The average molecular weight is 232 g/mol. The molecule has 0 bridgehead atoms. The molecule has 0 saturated carbocycles. The van der Waals surface area contributed by atoms with Crippen molar-refractivity contribution in [3.05, 3.63) is 42.5 Å². The van der Waals surface area contributed by atoms with Crippen LogP contribution in [0.25, 0.3) is 0 Å². The molecule has 0 radical (unpaired) electrons. The molecule has 0 aromatic heterocycles. The van der Waals surface area contributed by atoms with Gasteiger partial charge in [-0.1, -0.05) is 36.3 Å². The van der Waals surface area contributed by atoms with Gasteiger partial charge in [-0.3, -0.25) is 0 Å². The van der Waals surface area contributed by atoms with Gasteiger partial charge in [0.05, 0.1) is 0 Å². The maximum Gasteiger partial charge on any atom is 0.344 e. The van der Waals surface area contributed by atoms with Crippen molar-refractivity contribution in [2.24, 2.45) is 0 Å². The van der Waals surface area contributed by atoms with Crippen LogP contribution >= 0.6 is 0 Å². The molecule has 5 heteroatoms. The molecule has 0 aliphatic carbocycles. The monoisotopic (exact) mass is 232 g/mol. The number of carbonyl (C=O) groups excluding carboxylic acids is 2. The highest BCUT2D eigenvalue weighted by atomic mass is 16.6. The fraction of sp³-hybridized carbons (Fsp3) is 0.167. The van der Waals surface area contributed by atoms with Crippen LogP contribution in [0.4, 0.5) is 0 Å². The number of benzene rings is 1. The molecule has 88 valence electrons. The second-order valence-corrected chi connectivity index (χ2v) is 3.46. The van der Waals surface area contributed by atoms with E-state index in [1.165, 1.54) is 0 Å². The van der Waals surface area contributed by atoms with Crippen LogP contribution < -0.4 is 5.46 Å². The van der Waals surface area contributed by atoms with Gasteiger partial charge in [-0.25, -0.2) is 9.59 Å². The molecule has 0 amide bonds. The van der Waals surface area contributed by atoms with Gasteiger partial charge in [-0.05, 0) is 5.56 Å². The van der Waals surface area contributed by atoms with E-state index in [0.717, 1.165) is 17.1 Å². The highest BCUT2D eigenvalue weighted by Crippen LogP contribution is 1.99. The Morgan fingerprint density at radius 2 is 2.12 bits per heavy atom. The highest BCUT2D eigenvalue weighted by molar-refractivity contribution is 6.32. The quantitative estimate of drug-likeness (QED) is 0.398. The summed E-state index contributed by atoms with van der Waals surface area (Å²) < 4.78 is 9.46. The van der Waals surface area contributed by atoms with Crippen LogP contribution in [-0.2, 0) is 25.7 Å². The van der Waals surface area contributed by atoms with E-state index < -0.39 is 18.5 Å². The summed E-state index contributed by atoms with van der Waals surface area (Å²) in [6, 6.07) is 7.62. The molecule has 17 heavy (non-hydrogen) atoms. The molecular weight excluding hydrogens is 219 g/mol. The molecule has 0 spiro atoms. The van der Waals surface area contributed by atoms with Crippen LogP contribution in [0.5, 0.6) is 0 Å². The van der Waals surface area contributed by atoms with Gasteiger partial charge in [-0.2, -0.15) is 0 Å². The van der Waals surface area contributed by atoms with E-state index in [9.17, 15) is 9.59 Å². The molecule has 4 nitrogen and oxygen atoms in total. The summed E-state index contributed by atoms with van der Waals surface area (Å²) in [7, 11) is 1.96. The third kappa shape index (κ3) is 5.02. The first kappa shape index (κ1) is 13.0. The second kappa shape index (κ2) is 6.53. The van der Waals surface area contributed by atoms with E-state index in [4.69, 9.17) is 4.74 Å². The predicted molar refractivity (Wildman–Crippen MR) is 65.6 cm³/mol. The number of esters is 2. The lowest BCUT2D eigenvalue weighted by Crippen LogP contribution is -2.15. The normalized spacial score (nSPS) is 9.41. The first-order valence-corrected chi connectivity index (χ1v) is 5.12. The van der Waals surface area contributed by atoms with Gasteiger partial charge < -0.3 is 9.47 Å². The van der Waals surface area contributed by atoms with E-state index in [1.54, 1.807) is 0 Å². The van der Waals surface area contributed by atoms with Crippen LogP contribution in [-0.4, -0.2) is 26.4 Å². The topological polar surface area (TPSA) is 52.6 Å². The van der Waals surface area contributed by atoms with Crippen LogP contribution in [0.2, 0.25) is 0 Å².